The molecule has 1 amide bonds. The molecule has 0 bridgehead atoms. The monoisotopic (exact) mass is 349 g/mol. The van der Waals surface area contributed by atoms with Gasteiger partial charge in [-0.25, -0.2) is 5.43 Å². The van der Waals surface area contributed by atoms with Crippen LogP contribution >= 0.6 is 11.6 Å². The van der Waals surface area contributed by atoms with Crippen molar-refractivity contribution in [1.29, 1.82) is 0 Å². The van der Waals surface area contributed by atoms with Gasteiger partial charge in [-0.15, -0.1) is 0 Å². The molecule has 25 heavy (non-hydrogen) atoms. The highest BCUT2D eigenvalue weighted by Gasteiger charge is 2.04. The molecule has 0 spiro atoms. The summed E-state index contributed by atoms with van der Waals surface area (Å²) in [5, 5.41) is 7.88. The van der Waals surface area contributed by atoms with Crippen LogP contribution in [0.5, 0.6) is 0 Å². The molecule has 124 valence electrons. The summed E-state index contributed by atoms with van der Waals surface area (Å²) in [6, 6.07) is 24.2. The van der Waals surface area contributed by atoms with E-state index in [1.165, 1.54) is 0 Å². The second kappa shape index (κ2) is 8.13. The zero-order valence-corrected chi connectivity index (χ0v) is 14.1. The summed E-state index contributed by atoms with van der Waals surface area (Å²) in [5.74, 6) is -0.267. The van der Waals surface area contributed by atoms with Gasteiger partial charge in [0.1, 0.15) is 0 Å². The first kappa shape index (κ1) is 16.7. The van der Waals surface area contributed by atoms with Gasteiger partial charge in [0.25, 0.3) is 5.91 Å². The van der Waals surface area contributed by atoms with Crippen LogP contribution in [0.15, 0.2) is 84.0 Å². The molecule has 3 aromatic carbocycles. The van der Waals surface area contributed by atoms with Gasteiger partial charge in [-0.05, 0) is 54.1 Å². The fourth-order valence-corrected chi connectivity index (χ4v) is 2.30. The van der Waals surface area contributed by atoms with E-state index in [0.29, 0.717) is 10.6 Å². The van der Waals surface area contributed by atoms with E-state index < -0.39 is 0 Å². The fourth-order valence-electron chi connectivity index (χ4n) is 2.17. The number of nitrogens with zero attached hydrogens (tertiary/aromatic N) is 1. The lowest BCUT2D eigenvalue weighted by Gasteiger charge is -2.07. The summed E-state index contributed by atoms with van der Waals surface area (Å²) in [7, 11) is 0. The largest absolute Gasteiger partial charge is 0.356 e. The van der Waals surface area contributed by atoms with E-state index in [2.05, 4.69) is 15.8 Å². The van der Waals surface area contributed by atoms with Crippen LogP contribution < -0.4 is 10.7 Å². The molecule has 0 fully saturated rings. The average molecular weight is 350 g/mol. The van der Waals surface area contributed by atoms with Gasteiger partial charge in [0.15, 0.2) is 0 Å². The lowest BCUT2D eigenvalue weighted by atomic mass is 10.2. The minimum Gasteiger partial charge on any atom is -0.356 e. The molecular weight excluding hydrogens is 334 g/mol. The second-order valence-corrected chi connectivity index (χ2v) is 5.76. The van der Waals surface area contributed by atoms with Crippen LogP contribution in [0.25, 0.3) is 0 Å². The zero-order valence-electron chi connectivity index (χ0n) is 13.3. The number of rotatable bonds is 5. The Morgan fingerprint density at radius 3 is 2.16 bits per heavy atom. The van der Waals surface area contributed by atoms with Crippen molar-refractivity contribution < 1.29 is 4.79 Å². The zero-order chi connectivity index (χ0) is 17.5. The van der Waals surface area contributed by atoms with Gasteiger partial charge in [-0.2, -0.15) is 5.10 Å². The first-order valence-electron chi connectivity index (χ1n) is 7.72. The van der Waals surface area contributed by atoms with E-state index in [-0.39, 0.29) is 5.91 Å². The van der Waals surface area contributed by atoms with E-state index >= 15 is 0 Å². The van der Waals surface area contributed by atoms with Crippen molar-refractivity contribution in [2.45, 2.75) is 0 Å². The van der Waals surface area contributed by atoms with E-state index in [4.69, 9.17) is 11.6 Å². The number of carbonyl (C=O) groups is 1. The summed E-state index contributed by atoms with van der Waals surface area (Å²) < 4.78 is 0. The number of para-hydroxylation sites is 1. The lowest BCUT2D eigenvalue weighted by molar-refractivity contribution is 0.0955. The second-order valence-electron chi connectivity index (χ2n) is 5.32. The maximum Gasteiger partial charge on any atom is 0.271 e. The predicted molar refractivity (Wildman–Crippen MR) is 103 cm³/mol. The summed E-state index contributed by atoms with van der Waals surface area (Å²) in [6.07, 6.45) is 1.57. The van der Waals surface area contributed by atoms with E-state index in [1.807, 2.05) is 54.6 Å². The van der Waals surface area contributed by atoms with Crippen molar-refractivity contribution in [1.82, 2.24) is 5.43 Å². The maximum absolute atomic E-state index is 12.1. The smallest absolute Gasteiger partial charge is 0.271 e. The topological polar surface area (TPSA) is 53.5 Å². The highest BCUT2D eigenvalue weighted by molar-refractivity contribution is 6.30. The van der Waals surface area contributed by atoms with Crippen LogP contribution in [0.2, 0.25) is 5.02 Å². The van der Waals surface area contributed by atoms with E-state index in [0.717, 1.165) is 16.9 Å². The number of hydrogen-bond acceptors (Lipinski definition) is 3. The van der Waals surface area contributed by atoms with Gasteiger partial charge in [0.05, 0.1) is 6.21 Å². The Hall–Kier alpha value is -3.11. The number of anilines is 2. The Kier molecular flexibility index (Phi) is 5.44. The molecule has 4 nitrogen and oxygen atoms in total. The number of halogens is 1. The number of hydrogen-bond donors (Lipinski definition) is 2. The van der Waals surface area contributed by atoms with Crippen LogP contribution in [-0.4, -0.2) is 12.1 Å². The molecule has 0 atom stereocenters. The third kappa shape index (κ3) is 4.93. The molecule has 0 aliphatic heterocycles. The van der Waals surface area contributed by atoms with Gasteiger partial charge in [-0.3, -0.25) is 4.79 Å². The van der Waals surface area contributed by atoms with Crippen LogP contribution in [0.4, 0.5) is 11.4 Å². The van der Waals surface area contributed by atoms with Gasteiger partial charge >= 0.3 is 0 Å². The predicted octanol–water partition coefficient (Wildman–Crippen LogP) is 4.85. The molecule has 0 heterocycles. The Balaban J connectivity index is 1.58. The van der Waals surface area contributed by atoms with Crippen molar-refractivity contribution in [3.8, 4) is 0 Å². The quantitative estimate of drug-likeness (QED) is 0.511. The maximum atomic E-state index is 12.1. The number of amides is 1. The van der Waals surface area contributed by atoms with Gasteiger partial charge in [0.2, 0.25) is 0 Å². The summed E-state index contributed by atoms with van der Waals surface area (Å²) in [5.41, 5.74) is 5.80. The van der Waals surface area contributed by atoms with Crippen molar-refractivity contribution in [3.05, 3.63) is 95.0 Å². The number of carbonyl (C=O) groups excluding carboxylic acids is 1. The molecular formula is C20H16ClN3O. The summed E-state index contributed by atoms with van der Waals surface area (Å²) in [6.45, 7) is 0. The SMILES string of the molecule is O=C(N/N=C/c1ccc(Cl)cc1)c1ccc(Nc2ccccc2)cc1. The third-order valence-corrected chi connectivity index (χ3v) is 3.71. The summed E-state index contributed by atoms with van der Waals surface area (Å²) in [4.78, 5) is 12.1. The molecule has 0 aromatic heterocycles. The molecule has 0 aliphatic carbocycles. The van der Waals surface area contributed by atoms with E-state index in [1.54, 1.807) is 30.5 Å². The number of hydrazone groups is 1. The normalized spacial score (nSPS) is 10.6. The molecule has 0 unspecified atom stereocenters. The average Bonchev–Trinajstić information content (AvgIpc) is 2.65. The minimum absolute atomic E-state index is 0.267. The molecule has 3 aromatic rings. The van der Waals surface area contributed by atoms with Crippen LogP contribution in [0.3, 0.4) is 0 Å². The van der Waals surface area contributed by atoms with Gasteiger partial charge in [0, 0.05) is 22.0 Å². The fraction of sp³-hybridized carbons (Fsp3) is 0. The molecule has 0 radical (unpaired) electrons. The number of nitrogens with one attached hydrogen (secondary N) is 2. The first-order valence-corrected chi connectivity index (χ1v) is 8.09. The Morgan fingerprint density at radius 2 is 1.48 bits per heavy atom. The molecule has 0 aliphatic rings. The molecule has 2 N–H and O–H groups in total. The number of benzene rings is 3. The standard InChI is InChI=1S/C20H16ClN3O/c21-17-10-6-15(7-11-17)14-22-24-20(25)16-8-12-19(13-9-16)23-18-4-2-1-3-5-18/h1-14,23H,(H,24,25)/b22-14+. The highest BCUT2D eigenvalue weighted by Crippen LogP contribution is 2.16. The molecule has 3 rings (SSSR count). The Labute approximate surface area is 151 Å². The molecule has 0 saturated carbocycles. The van der Waals surface area contributed by atoms with Crippen LogP contribution in [-0.2, 0) is 0 Å². The minimum atomic E-state index is -0.267. The molecule has 5 heteroatoms. The van der Waals surface area contributed by atoms with Crippen molar-refractivity contribution in [3.63, 3.8) is 0 Å². The summed E-state index contributed by atoms with van der Waals surface area (Å²) >= 11 is 5.82. The first-order chi connectivity index (χ1) is 12.2. The van der Waals surface area contributed by atoms with Crippen molar-refractivity contribution in [2.24, 2.45) is 5.10 Å². The Bertz CT molecular complexity index is 860. The van der Waals surface area contributed by atoms with Gasteiger partial charge in [-0.1, -0.05) is 41.9 Å². The Morgan fingerprint density at radius 1 is 0.840 bits per heavy atom. The third-order valence-electron chi connectivity index (χ3n) is 3.46. The van der Waals surface area contributed by atoms with Crippen LogP contribution in [0.1, 0.15) is 15.9 Å². The van der Waals surface area contributed by atoms with Crippen LogP contribution in [0, 0.1) is 0 Å². The van der Waals surface area contributed by atoms with Crippen molar-refractivity contribution >= 4 is 35.1 Å². The van der Waals surface area contributed by atoms with E-state index in [9.17, 15) is 4.79 Å². The molecule has 0 saturated heterocycles. The lowest BCUT2D eigenvalue weighted by Crippen LogP contribution is -2.17. The van der Waals surface area contributed by atoms with Gasteiger partial charge < -0.3 is 5.32 Å². The highest BCUT2D eigenvalue weighted by atomic mass is 35.5. The van der Waals surface area contributed by atoms with Crippen molar-refractivity contribution in [2.75, 3.05) is 5.32 Å².